The average molecular weight is 223 g/mol. The lowest BCUT2D eigenvalue weighted by Gasteiger charge is -2.14. The molecule has 1 atom stereocenters. The van der Waals surface area contributed by atoms with E-state index in [1.165, 1.54) is 0 Å². The number of anilines is 2. The molecule has 0 fully saturated rings. The maximum atomic E-state index is 5.07. The summed E-state index contributed by atoms with van der Waals surface area (Å²) in [5.41, 5.74) is 0. The van der Waals surface area contributed by atoms with Gasteiger partial charge in [0.1, 0.15) is 11.6 Å². The number of hydrogen-bond acceptors (Lipinski definition) is 4. The number of aromatic nitrogens is 1. The van der Waals surface area contributed by atoms with Crippen LogP contribution >= 0.6 is 0 Å². The van der Waals surface area contributed by atoms with E-state index in [0.29, 0.717) is 6.61 Å². The summed E-state index contributed by atoms with van der Waals surface area (Å²) in [5, 5.41) is 6.54. The van der Waals surface area contributed by atoms with Crippen LogP contribution in [0.4, 0.5) is 11.6 Å². The van der Waals surface area contributed by atoms with Gasteiger partial charge in [-0.2, -0.15) is 0 Å². The Labute approximate surface area is 97.4 Å². The predicted molar refractivity (Wildman–Crippen MR) is 68.0 cm³/mol. The minimum atomic E-state index is 0.263. The van der Waals surface area contributed by atoms with Gasteiger partial charge in [0.25, 0.3) is 0 Å². The molecule has 0 aliphatic rings. The molecule has 4 heteroatoms. The van der Waals surface area contributed by atoms with Crippen molar-refractivity contribution in [2.24, 2.45) is 0 Å². The Balaban J connectivity index is 2.52. The number of nitrogens with zero attached hydrogens (tertiary/aromatic N) is 1. The van der Waals surface area contributed by atoms with E-state index in [1.807, 2.05) is 18.2 Å². The normalized spacial score (nSPS) is 12.2. The standard InChI is InChI=1S/C12H21N3O/c1-4-8-13-11-6-5-7-12(15-11)14-10(2)9-16-3/h5-7,10H,4,8-9H2,1-3H3,(H2,13,14,15). The van der Waals surface area contributed by atoms with E-state index in [4.69, 9.17) is 4.74 Å². The van der Waals surface area contributed by atoms with Crippen LogP contribution in [-0.2, 0) is 4.74 Å². The highest BCUT2D eigenvalue weighted by molar-refractivity contribution is 5.45. The third kappa shape index (κ3) is 4.49. The van der Waals surface area contributed by atoms with Crippen molar-refractivity contribution in [2.45, 2.75) is 26.3 Å². The van der Waals surface area contributed by atoms with Gasteiger partial charge in [0, 0.05) is 19.7 Å². The van der Waals surface area contributed by atoms with Crippen molar-refractivity contribution in [3.63, 3.8) is 0 Å². The van der Waals surface area contributed by atoms with Crippen LogP contribution in [0.2, 0.25) is 0 Å². The molecular weight excluding hydrogens is 202 g/mol. The van der Waals surface area contributed by atoms with Gasteiger partial charge in [-0.3, -0.25) is 0 Å². The van der Waals surface area contributed by atoms with E-state index in [-0.39, 0.29) is 6.04 Å². The van der Waals surface area contributed by atoms with Crippen LogP contribution in [-0.4, -0.2) is 31.3 Å². The van der Waals surface area contributed by atoms with Crippen LogP contribution in [0.3, 0.4) is 0 Å². The minimum Gasteiger partial charge on any atom is -0.383 e. The Morgan fingerprint density at radius 1 is 1.38 bits per heavy atom. The fraction of sp³-hybridized carbons (Fsp3) is 0.583. The monoisotopic (exact) mass is 223 g/mol. The smallest absolute Gasteiger partial charge is 0.128 e. The fourth-order valence-electron chi connectivity index (χ4n) is 1.41. The highest BCUT2D eigenvalue weighted by Gasteiger charge is 2.02. The van der Waals surface area contributed by atoms with Crippen LogP contribution in [0.25, 0.3) is 0 Å². The van der Waals surface area contributed by atoms with E-state index in [1.54, 1.807) is 7.11 Å². The summed E-state index contributed by atoms with van der Waals surface area (Å²) in [6, 6.07) is 6.19. The largest absolute Gasteiger partial charge is 0.383 e. The summed E-state index contributed by atoms with van der Waals surface area (Å²) in [4.78, 5) is 4.45. The molecule has 0 radical (unpaired) electrons. The molecule has 90 valence electrons. The van der Waals surface area contributed by atoms with Crippen LogP contribution in [0.1, 0.15) is 20.3 Å². The molecule has 0 spiro atoms. The van der Waals surface area contributed by atoms with Crippen LogP contribution in [0.15, 0.2) is 18.2 Å². The van der Waals surface area contributed by atoms with Gasteiger partial charge >= 0.3 is 0 Å². The van der Waals surface area contributed by atoms with Crippen molar-refractivity contribution in [1.82, 2.24) is 4.98 Å². The van der Waals surface area contributed by atoms with Crippen molar-refractivity contribution in [3.8, 4) is 0 Å². The molecule has 0 aliphatic carbocycles. The van der Waals surface area contributed by atoms with Crippen molar-refractivity contribution >= 4 is 11.6 Å². The van der Waals surface area contributed by atoms with Gasteiger partial charge in [-0.1, -0.05) is 13.0 Å². The average Bonchev–Trinajstić information content (AvgIpc) is 2.27. The molecule has 1 rings (SSSR count). The summed E-state index contributed by atoms with van der Waals surface area (Å²) in [6.45, 7) is 5.82. The zero-order valence-corrected chi connectivity index (χ0v) is 10.3. The van der Waals surface area contributed by atoms with Gasteiger partial charge in [0.05, 0.1) is 6.61 Å². The number of nitrogens with one attached hydrogen (secondary N) is 2. The Morgan fingerprint density at radius 3 is 2.81 bits per heavy atom. The maximum Gasteiger partial charge on any atom is 0.128 e. The highest BCUT2D eigenvalue weighted by Crippen LogP contribution is 2.10. The molecule has 2 N–H and O–H groups in total. The molecule has 1 aromatic heterocycles. The Hall–Kier alpha value is -1.29. The Kier molecular flexibility index (Phi) is 5.64. The van der Waals surface area contributed by atoms with E-state index in [2.05, 4.69) is 29.5 Å². The lowest BCUT2D eigenvalue weighted by molar-refractivity contribution is 0.190. The second-order valence-corrected chi connectivity index (χ2v) is 3.84. The van der Waals surface area contributed by atoms with E-state index in [9.17, 15) is 0 Å². The zero-order chi connectivity index (χ0) is 11.8. The molecule has 16 heavy (non-hydrogen) atoms. The molecule has 0 amide bonds. The summed E-state index contributed by atoms with van der Waals surface area (Å²) < 4.78 is 5.07. The number of pyridine rings is 1. The second-order valence-electron chi connectivity index (χ2n) is 3.84. The molecule has 1 unspecified atom stereocenters. The van der Waals surface area contributed by atoms with E-state index < -0.39 is 0 Å². The molecular formula is C12H21N3O. The summed E-state index contributed by atoms with van der Waals surface area (Å²) in [6.07, 6.45) is 1.10. The molecule has 4 nitrogen and oxygen atoms in total. The predicted octanol–water partition coefficient (Wildman–Crippen LogP) is 2.35. The van der Waals surface area contributed by atoms with E-state index in [0.717, 1.165) is 24.6 Å². The number of rotatable bonds is 7. The van der Waals surface area contributed by atoms with Gasteiger partial charge in [-0.25, -0.2) is 4.98 Å². The van der Waals surface area contributed by atoms with Gasteiger partial charge in [0.15, 0.2) is 0 Å². The van der Waals surface area contributed by atoms with Crippen LogP contribution < -0.4 is 10.6 Å². The zero-order valence-electron chi connectivity index (χ0n) is 10.3. The minimum absolute atomic E-state index is 0.263. The van der Waals surface area contributed by atoms with Crippen LogP contribution in [0.5, 0.6) is 0 Å². The van der Waals surface area contributed by atoms with Crippen molar-refractivity contribution in [1.29, 1.82) is 0 Å². The number of hydrogen-bond donors (Lipinski definition) is 2. The van der Waals surface area contributed by atoms with Gasteiger partial charge in [-0.05, 0) is 25.5 Å². The SMILES string of the molecule is CCCNc1cccc(NC(C)COC)n1. The maximum absolute atomic E-state index is 5.07. The molecule has 0 bridgehead atoms. The van der Waals surface area contributed by atoms with E-state index >= 15 is 0 Å². The quantitative estimate of drug-likeness (QED) is 0.745. The van der Waals surface area contributed by atoms with Crippen molar-refractivity contribution in [3.05, 3.63) is 18.2 Å². The second kappa shape index (κ2) is 7.06. The summed E-state index contributed by atoms with van der Waals surface area (Å²) in [7, 11) is 1.70. The van der Waals surface area contributed by atoms with Crippen molar-refractivity contribution < 1.29 is 4.74 Å². The molecule has 0 saturated heterocycles. The lowest BCUT2D eigenvalue weighted by atomic mass is 10.3. The first-order valence-electron chi connectivity index (χ1n) is 5.72. The number of methoxy groups -OCH3 is 1. The fourth-order valence-corrected chi connectivity index (χ4v) is 1.41. The Morgan fingerprint density at radius 2 is 2.12 bits per heavy atom. The molecule has 1 heterocycles. The topological polar surface area (TPSA) is 46.2 Å². The Bertz CT molecular complexity index is 304. The molecule has 0 aromatic carbocycles. The van der Waals surface area contributed by atoms with Crippen molar-refractivity contribution in [2.75, 3.05) is 30.9 Å². The van der Waals surface area contributed by atoms with Gasteiger partial charge in [-0.15, -0.1) is 0 Å². The molecule has 0 saturated carbocycles. The number of ether oxygens (including phenoxy) is 1. The summed E-state index contributed by atoms with van der Waals surface area (Å²) >= 11 is 0. The molecule has 0 aliphatic heterocycles. The molecule has 1 aromatic rings. The third-order valence-corrected chi connectivity index (χ3v) is 2.12. The van der Waals surface area contributed by atoms with Gasteiger partial charge in [0.2, 0.25) is 0 Å². The first kappa shape index (κ1) is 12.8. The highest BCUT2D eigenvalue weighted by atomic mass is 16.5. The van der Waals surface area contributed by atoms with Gasteiger partial charge < -0.3 is 15.4 Å². The lowest BCUT2D eigenvalue weighted by Crippen LogP contribution is -2.21. The van der Waals surface area contributed by atoms with Crippen LogP contribution in [0, 0.1) is 0 Å². The summed E-state index contributed by atoms with van der Waals surface area (Å²) in [5.74, 6) is 1.79. The first-order chi connectivity index (χ1) is 7.76. The third-order valence-electron chi connectivity index (χ3n) is 2.12. The first-order valence-corrected chi connectivity index (χ1v) is 5.72.